The number of hydrogen-bond acceptors (Lipinski definition) is 1. The number of rotatable bonds is 5. The molecule has 2 N–H and O–H groups in total. The summed E-state index contributed by atoms with van der Waals surface area (Å²) >= 11 is 6.37. The van der Waals surface area contributed by atoms with Crippen LogP contribution in [-0.2, 0) is 13.0 Å². The van der Waals surface area contributed by atoms with Gasteiger partial charge in [-0.05, 0) is 37.1 Å². The van der Waals surface area contributed by atoms with Gasteiger partial charge in [-0.3, -0.25) is 4.79 Å². The van der Waals surface area contributed by atoms with Gasteiger partial charge >= 0.3 is 0 Å². The summed E-state index contributed by atoms with van der Waals surface area (Å²) in [5, 5.41) is 0.514. The van der Waals surface area contributed by atoms with E-state index in [0.717, 1.165) is 23.4 Å². The van der Waals surface area contributed by atoms with Crippen LogP contribution in [0.2, 0.25) is 5.02 Å². The summed E-state index contributed by atoms with van der Waals surface area (Å²) in [6, 6.07) is 11.0. The average molecular weight is 389 g/mol. The minimum atomic E-state index is -0.906. The maximum absolute atomic E-state index is 13.6. The Morgan fingerprint density at radius 2 is 1.85 bits per heavy atom. The highest BCUT2D eigenvalue weighted by atomic mass is 35.5. The van der Waals surface area contributed by atoms with Crippen molar-refractivity contribution in [1.82, 2.24) is 4.57 Å². The summed E-state index contributed by atoms with van der Waals surface area (Å²) in [6.07, 6.45) is 0.609. The molecule has 0 aliphatic heterocycles. The fraction of sp³-hybridized carbons (Fsp3) is 0.190. The van der Waals surface area contributed by atoms with Crippen molar-refractivity contribution in [3.8, 4) is 11.1 Å². The first-order valence-electron chi connectivity index (χ1n) is 8.55. The van der Waals surface area contributed by atoms with E-state index in [0.29, 0.717) is 33.8 Å². The monoisotopic (exact) mass is 388 g/mol. The van der Waals surface area contributed by atoms with Crippen LogP contribution in [0.15, 0.2) is 42.5 Å². The van der Waals surface area contributed by atoms with Gasteiger partial charge in [0, 0.05) is 34.1 Å². The molecule has 0 saturated heterocycles. The van der Waals surface area contributed by atoms with Gasteiger partial charge in [0.05, 0.1) is 5.56 Å². The zero-order valence-corrected chi connectivity index (χ0v) is 15.8. The minimum absolute atomic E-state index is 0.289. The van der Waals surface area contributed by atoms with E-state index >= 15 is 0 Å². The third kappa shape index (κ3) is 3.47. The van der Waals surface area contributed by atoms with Crippen LogP contribution in [0.3, 0.4) is 0 Å². The van der Waals surface area contributed by atoms with Gasteiger partial charge < -0.3 is 10.3 Å². The molecule has 3 nitrogen and oxygen atoms in total. The van der Waals surface area contributed by atoms with Gasteiger partial charge in [0.15, 0.2) is 11.6 Å². The minimum Gasteiger partial charge on any atom is -0.366 e. The van der Waals surface area contributed by atoms with E-state index in [1.807, 2.05) is 29.7 Å². The van der Waals surface area contributed by atoms with Crippen molar-refractivity contribution in [3.05, 3.63) is 81.6 Å². The van der Waals surface area contributed by atoms with Crippen LogP contribution in [0, 0.1) is 18.6 Å². The van der Waals surface area contributed by atoms with Crippen molar-refractivity contribution in [2.45, 2.75) is 26.8 Å². The summed E-state index contributed by atoms with van der Waals surface area (Å²) < 4.78 is 28.8. The number of amides is 1. The van der Waals surface area contributed by atoms with Gasteiger partial charge in [0.2, 0.25) is 0 Å². The van der Waals surface area contributed by atoms with E-state index in [1.165, 1.54) is 6.07 Å². The maximum atomic E-state index is 13.6. The largest absolute Gasteiger partial charge is 0.366 e. The first-order valence-corrected chi connectivity index (χ1v) is 8.93. The molecule has 0 bridgehead atoms. The number of carbonyl (C=O) groups is 1. The second kappa shape index (κ2) is 7.53. The number of nitrogens with two attached hydrogens (primary N) is 1. The third-order valence-corrected chi connectivity index (χ3v) is 5.01. The lowest BCUT2D eigenvalue weighted by Crippen LogP contribution is -2.13. The lowest BCUT2D eigenvalue weighted by atomic mass is 9.99. The van der Waals surface area contributed by atoms with Gasteiger partial charge in [-0.25, -0.2) is 8.78 Å². The van der Waals surface area contributed by atoms with E-state index < -0.39 is 17.5 Å². The molecule has 3 rings (SSSR count). The highest BCUT2D eigenvalue weighted by Gasteiger charge is 2.25. The molecule has 0 aliphatic carbocycles. The molecule has 0 fully saturated rings. The number of nitrogens with zero attached hydrogens (tertiary/aromatic N) is 1. The summed E-state index contributed by atoms with van der Waals surface area (Å²) in [5.74, 6) is -2.36. The first kappa shape index (κ1) is 19.1. The molecule has 1 aromatic heterocycles. The molecule has 27 heavy (non-hydrogen) atoms. The van der Waals surface area contributed by atoms with Gasteiger partial charge in [0.1, 0.15) is 0 Å². The lowest BCUT2D eigenvalue weighted by Gasteiger charge is -2.13. The summed E-state index contributed by atoms with van der Waals surface area (Å²) in [6.45, 7) is 4.04. The number of hydrogen-bond donors (Lipinski definition) is 1. The molecule has 0 radical (unpaired) electrons. The van der Waals surface area contributed by atoms with Crippen LogP contribution in [0.5, 0.6) is 0 Å². The highest BCUT2D eigenvalue weighted by molar-refractivity contribution is 6.33. The molecule has 2 aromatic carbocycles. The van der Waals surface area contributed by atoms with E-state index in [-0.39, 0.29) is 6.54 Å². The van der Waals surface area contributed by atoms with Crippen LogP contribution >= 0.6 is 11.6 Å². The topological polar surface area (TPSA) is 48.0 Å². The molecule has 0 aliphatic rings. The Labute approximate surface area is 161 Å². The van der Waals surface area contributed by atoms with Crippen molar-refractivity contribution in [2.24, 2.45) is 5.73 Å². The Bertz CT molecular complexity index is 1030. The molecular formula is C21H19ClF2N2O. The molecule has 0 unspecified atom stereocenters. The van der Waals surface area contributed by atoms with E-state index in [9.17, 15) is 13.6 Å². The standard InChI is InChI=1S/C21H19ClF2N2O/c1-3-18-20(14-6-4-5-7-15(14)22)19(21(25)27)12(2)26(18)11-13-8-9-16(23)17(24)10-13/h4-10H,3,11H2,1-2H3,(H2,25,27). The van der Waals surface area contributed by atoms with Crippen molar-refractivity contribution in [1.29, 1.82) is 0 Å². The average Bonchev–Trinajstić information content (AvgIpc) is 2.90. The van der Waals surface area contributed by atoms with Gasteiger partial charge in [-0.1, -0.05) is 42.8 Å². The van der Waals surface area contributed by atoms with Crippen LogP contribution in [0.25, 0.3) is 11.1 Å². The zero-order valence-electron chi connectivity index (χ0n) is 15.0. The van der Waals surface area contributed by atoms with Crippen molar-refractivity contribution < 1.29 is 13.6 Å². The second-order valence-electron chi connectivity index (χ2n) is 6.31. The quantitative estimate of drug-likeness (QED) is 0.649. The fourth-order valence-electron chi connectivity index (χ4n) is 3.46. The molecule has 140 valence electrons. The van der Waals surface area contributed by atoms with Gasteiger partial charge in [-0.15, -0.1) is 0 Å². The summed E-state index contributed by atoms with van der Waals surface area (Å²) in [7, 11) is 0. The second-order valence-corrected chi connectivity index (χ2v) is 6.72. The molecule has 0 atom stereocenters. The SMILES string of the molecule is CCc1c(-c2ccccc2Cl)c(C(N)=O)c(C)n1Cc1ccc(F)c(F)c1. The van der Waals surface area contributed by atoms with Crippen molar-refractivity contribution >= 4 is 17.5 Å². The molecule has 3 aromatic rings. The normalized spacial score (nSPS) is 11.0. The van der Waals surface area contributed by atoms with Crippen LogP contribution in [0.1, 0.15) is 34.2 Å². The summed E-state index contributed by atoms with van der Waals surface area (Å²) in [5.41, 5.74) is 9.59. The van der Waals surface area contributed by atoms with Crippen LogP contribution in [-0.4, -0.2) is 10.5 Å². The fourth-order valence-corrected chi connectivity index (χ4v) is 3.69. The Balaban J connectivity index is 2.23. The molecule has 6 heteroatoms. The molecular weight excluding hydrogens is 370 g/mol. The van der Waals surface area contributed by atoms with Crippen molar-refractivity contribution in [3.63, 3.8) is 0 Å². The van der Waals surface area contributed by atoms with Crippen molar-refractivity contribution in [2.75, 3.05) is 0 Å². The predicted octanol–water partition coefficient (Wildman–Crippen LogP) is 5.10. The molecule has 1 heterocycles. The zero-order chi connectivity index (χ0) is 19.7. The summed E-state index contributed by atoms with van der Waals surface area (Å²) in [4.78, 5) is 12.2. The van der Waals surface area contributed by atoms with Crippen LogP contribution < -0.4 is 5.73 Å². The lowest BCUT2D eigenvalue weighted by molar-refractivity contribution is 0.1000. The third-order valence-electron chi connectivity index (χ3n) is 4.68. The number of benzene rings is 2. The van der Waals surface area contributed by atoms with E-state index in [4.69, 9.17) is 17.3 Å². The Kier molecular flexibility index (Phi) is 5.33. The first-order chi connectivity index (χ1) is 12.8. The predicted molar refractivity (Wildman–Crippen MR) is 103 cm³/mol. The number of primary amides is 1. The number of halogens is 3. The van der Waals surface area contributed by atoms with Crippen LogP contribution in [0.4, 0.5) is 8.78 Å². The highest BCUT2D eigenvalue weighted by Crippen LogP contribution is 2.37. The number of carbonyl (C=O) groups excluding carboxylic acids is 1. The Morgan fingerprint density at radius 3 is 2.44 bits per heavy atom. The molecule has 0 spiro atoms. The molecule has 1 amide bonds. The Morgan fingerprint density at radius 1 is 1.15 bits per heavy atom. The van der Waals surface area contributed by atoms with E-state index in [2.05, 4.69) is 0 Å². The smallest absolute Gasteiger partial charge is 0.251 e. The number of aromatic nitrogens is 1. The maximum Gasteiger partial charge on any atom is 0.251 e. The Hall–Kier alpha value is -2.66. The van der Waals surface area contributed by atoms with Gasteiger partial charge in [-0.2, -0.15) is 0 Å². The van der Waals surface area contributed by atoms with Gasteiger partial charge in [0.25, 0.3) is 5.91 Å². The molecule has 0 saturated carbocycles. The van der Waals surface area contributed by atoms with E-state index in [1.54, 1.807) is 13.0 Å².